The molecule has 5 rings (SSSR count). The van der Waals surface area contributed by atoms with Crippen molar-refractivity contribution in [2.45, 2.75) is 70.4 Å². The van der Waals surface area contributed by atoms with Crippen LogP contribution in [-0.2, 0) is 35.1 Å². The first kappa shape index (κ1) is 27.7. The quantitative estimate of drug-likeness (QED) is 0.340. The molecule has 0 bridgehead atoms. The third-order valence-corrected chi connectivity index (χ3v) is 7.38. The van der Waals surface area contributed by atoms with Crippen molar-refractivity contribution in [1.82, 2.24) is 15.6 Å². The standard InChI is InChI=1S/C16H19N3O3.C12H12N2O3/c1-5-22-15(21)16(6-7-17-4)9-13-8-11(2)18-10-14(13)19(16)12(3)20;15-8-1-2-9-7(5-8)6-12(14-9)4-3-10(16)13-11(12)17/h8,10H,5-7,9H2,1-3H3;2,5,14H,1,3-4,6H2,(H,13,16,17). The number of ether oxygens (including phenoxy) is 1. The number of nitrogens with zero attached hydrogens (tertiary/aromatic N) is 3. The number of imide groups is 1. The molecule has 0 radical (unpaired) electrons. The number of ketones is 1. The Kier molecular flexibility index (Phi) is 7.67. The Balaban J connectivity index is 0.000000186. The SMILES string of the molecule is O=C1C=C2CC3(CCC(=O)NC3=O)NC2=CC1.[C-]#[N+]CCC1(C(=O)OCC)Cc2cc(C)ncc2N1C(C)=O. The average molecular weight is 534 g/mol. The molecule has 11 heteroatoms. The van der Waals surface area contributed by atoms with Gasteiger partial charge >= 0.3 is 5.97 Å². The summed E-state index contributed by atoms with van der Waals surface area (Å²) in [5, 5.41) is 5.53. The van der Waals surface area contributed by atoms with Crippen molar-refractivity contribution in [3.05, 3.63) is 58.4 Å². The van der Waals surface area contributed by atoms with Gasteiger partial charge in [-0.25, -0.2) is 11.4 Å². The number of aryl methyl sites for hydroxylation is 1. The number of piperidine rings is 1. The number of aromatic nitrogens is 1. The van der Waals surface area contributed by atoms with Crippen LogP contribution in [0.5, 0.6) is 0 Å². The van der Waals surface area contributed by atoms with E-state index >= 15 is 0 Å². The number of fused-ring (bicyclic) bond motifs is 2. The fraction of sp³-hybridized carbons (Fsp3) is 0.464. The van der Waals surface area contributed by atoms with Crippen LogP contribution < -0.4 is 15.5 Å². The van der Waals surface area contributed by atoms with E-state index in [0.717, 1.165) is 22.5 Å². The topological polar surface area (TPSA) is 139 Å². The summed E-state index contributed by atoms with van der Waals surface area (Å²) in [6.45, 7) is 12.4. The van der Waals surface area contributed by atoms with Gasteiger partial charge in [0.05, 0.1) is 24.9 Å². The van der Waals surface area contributed by atoms with Crippen LogP contribution in [0.25, 0.3) is 4.85 Å². The largest absolute Gasteiger partial charge is 0.464 e. The molecular formula is C28H31N5O6. The molecule has 0 saturated carbocycles. The van der Waals surface area contributed by atoms with Crippen molar-refractivity contribution < 1.29 is 28.7 Å². The minimum atomic E-state index is -1.13. The second-order valence-corrected chi connectivity index (χ2v) is 10.1. The summed E-state index contributed by atoms with van der Waals surface area (Å²) in [5.41, 5.74) is 2.24. The van der Waals surface area contributed by atoms with Crippen LogP contribution in [0.15, 0.2) is 35.7 Å². The highest BCUT2D eigenvalue weighted by molar-refractivity contribution is 6.05. The fourth-order valence-corrected chi connectivity index (χ4v) is 5.63. The van der Waals surface area contributed by atoms with Crippen LogP contribution >= 0.6 is 0 Å². The third-order valence-electron chi connectivity index (χ3n) is 7.38. The molecule has 4 aliphatic rings. The van der Waals surface area contributed by atoms with Gasteiger partial charge in [0.2, 0.25) is 18.4 Å². The van der Waals surface area contributed by atoms with Crippen molar-refractivity contribution in [1.29, 1.82) is 0 Å². The van der Waals surface area contributed by atoms with Gasteiger partial charge in [-0.05, 0) is 43.5 Å². The Labute approximate surface area is 226 Å². The maximum atomic E-state index is 12.6. The second-order valence-electron chi connectivity index (χ2n) is 10.1. The zero-order valence-corrected chi connectivity index (χ0v) is 22.3. The lowest BCUT2D eigenvalue weighted by Gasteiger charge is -2.34. The summed E-state index contributed by atoms with van der Waals surface area (Å²) in [4.78, 5) is 68.2. The number of pyridine rings is 1. The molecule has 2 N–H and O–H groups in total. The normalized spacial score (nSPS) is 24.8. The summed E-state index contributed by atoms with van der Waals surface area (Å²) in [5.74, 6) is -1.14. The predicted octanol–water partition coefficient (Wildman–Crippen LogP) is 1.85. The fourth-order valence-electron chi connectivity index (χ4n) is 5.63. The number of rotatable bonds is 4. The van der Waals surface area contributed by atoms with Crippen molar-refractivity contribution in [2.24, 2.45) is 0 Å². The number of carbonyl (C=O) groups excluding carboxylic acids is 5. The first-order valence-electron chi connectivity index (χ1n) is 12.9. The van der Waals surface area contributed by atoms with Gasteiger partial charge in [0.15, 0.2) is 11.3 Å². The molecule has 2 saturated heterocycles. The smallest absolute Gasteiger partial charge is 0.333 e. The molecule has 204 valence electrons. The van der Waals surface area contributed by atoms with E-state index in [1.165, 1.54) is 11.8 Å². The molecule has 1 aromatic heterocycles. The van der Waals surface area contributed by atoms with Gasteiger partial charge in [-0.15, -0.1) is 0 Å². The highest BCUT2D eigenvalue weighted by Gasteiger charge is 2.53. The molecular weight excluding hydrogens is 502 g/mol. The molecule has 11 nitrogen and oxygen atoms in total. The highest BCUT2D eigenvalue weighted by Crippen LogP contribution is 2.42. The molecule has 3 amide bonds. The van der Waals surface area contributed by atoms with E-state index in [1.807, 2.05) is 19.1 Å². The third kappa shape index (κ3) is 5.19. The average Bonchev–Trinajstić information content (AvgIpc) is 3.42. The Morgan fingerprint density at radius 2 is 2.03 bits per heavy atom. The van der Waals surface area contributed by atoms with Gasteiger partial charge in [-0.3, -0.25) is 34.4 Å². The van der Waals surface area contributed by atoms with Gasteiger partial charge in [0, 0.05) is 44.0 Å². The minimum absolute atomic E-state index is 0.0647. The Bertz CT molecular complexity index is 1360. The van der Waals surface area contributed by atoms with E-state index in [9.17, 15) is 24.0 Å². The van der Waals surface area contributed by atoms with E-state index in [-0.39, 0.29) is 43.1 Å². The molecule has 2 fully saturated rings. The molecule has 1 aliphatic carbocycles. The summed E-state index contributed by atoms with van der Waals surface area (Å²) in [7, 11) is 0. The Morgan fingerprint density at radius 1 is 1.26 bits per heavy atom. The lowest BCUT2D eigenvalue weighted by molar-refractivity contribution is -0.151. The zero-order chi connectivity index (χ0) is 28.4. The van der Waals surface area contributed by atoms with Crippen molar-refractivity contribution in [3.8, 4) is 0 Å². The van der Waals surface area contributed by atoms with E-state index in [2.05, 4.69) is 20.5 Å². The lowest BCUT2D eigenvalue weighted by atomic mass is 9.86. The number of esters is 1. The van der Waals surface area contributed by atoms with E-state index < -0.39 is 17.0 Å². The Morgan fingerprint density at radius 3 is 2.69 bits per heavy atom. The number of allylic oxidation sites excluding steroid dienone is 3. The van der Waals surface area contributed by atoms with Crippen molar-refractivity contribution >= 4 is 35.2 Å². The van der Waals surface area contributed by atoms with Crippen LogP contribution in [0, 0.1) is 13.5 Å². The summed E-state index contributed by atoms with van der Waals surface area (Å²) >= 11 is 0. The van der Waals surface area contributed by atoms with Gasteiger partial charge in [-0.2, -0.15) is 0 Å². The van der Waals surface area contributed by atoms with Gasteiger partial charge in [-0.1, -0.05) is 6.08 Å². The number of hydrogen-bond donors (Lipinski definition) is 2. The molecule has 1 spiro atoms. The van der Waals surface area contributed by atoms with Crippen molar-refractivity contribution in [3.63, 3.8) is 0 Å². The molecule has 2 unspecified atom stereocenters. The van der Waals surface area contributed by atoms with Crippen LogP contribution in [0.3, 0.4) is 0 Å². The van der Waals surface area contributed by atoms with Crippen molar-refractivity contribution in [2.75, 3.05) is 18.1 Å². The first-order valence-corrected chi connectivity index (χ1v) is 12.9. The Hall–Kier alpha value is -4.33. The maximum absolute atomic E-state index is 12.6. The van der Waals surface area contributed by atoms with E-state index in [1.54, 1.807) is 19.2 Å². The lowest BCUT2D eigenvalue weighted by Crippen LogP contribution is -2.58. The van der Waals surface area contributed by atoms with Gasteiger partial charge < -0.3 is 14.9 Å². The monoisotopic (exact) mass is 533 g/mol. The first-order chi connectivity index (χ1) is 18.5. The number of carbonyl (C=O) groups is 5. The maximum Gasteiger partial charge on any atom is 0.333 e. The molecule has 39 heavy (non-hydrogen) atoms. The van der Waals surface area contributed by atoms with Crippen LogP contribution in [-0.4, -0.2) is 58.7 Å². The zero-order valence-electron chi connectivity index (χ0n) is 22.3. The molecule has 2 atom stereocenters. The number of amides is 3. The summed E-state index contributed by atoms with van der Waals surface area (Å²) in [6.07, 6.45) is 7.34. The molecule has 1 aromatic rings. The second kappa shape index (κ2) is 10.8. The number of anilines is 1. The van der Waals surface area contributed by atoms with E-state index in [4.69, 9.17) is 11.3 Å². The summed E-state index contributed by atoms with van der Waals surface area (Å²) in [6, 6.07) is 1.88. The highest BCUT2D eigenvalue weighted by atomic mass is 16.5. The number of nitrogens with one attached hydrogen (secondary N) is 2. The molecule has 0 aromatic carbocycles. The summed E-state index contributed by atoms with van der Waals surface area (Å²) < 4.78 is 5.21. The van der Waals surface area contributed by atoms with Crippen LogP contribution in [0.1, 0.15) is 57.2 Å². The van der Waals surface area contributed by atoms with E-state index in [0.29, 0.717) is 37.8 Å². The predicted molar refractivity (Wildman–Crippen MR) is 140 cm³/mol. The molecule has 3 aliphatic heterocycles. The van der Waals surface area contributed by atoms with Gasteiger partial charge in [0.25, 0.3) is 5.91 Å². The van der Waals surface area contributed by atoms with Crippen LogP contribution in [0.4, 0.5) is 5.69 Å². The number of hydrogen-bond acceptors (Lipinski definition) is 8. The minimum Gasteiger partial charge on any atom is -0.464 e. The van der Waals surface area contributed by atoms with Crippen LogP contribution in [0.2, 0.25) is 0 Å². The van der Waals surface area contributed by atoms with Gasteiger partial charge in [0.1, 0.15) is 5.54 Å². The molecule has 4 heterocycles.